The van der Waals surface area contributed by atoms with E-state index in [9.17, 15) is 29.1 Å². The summed E-state index contributed by atoms with van der Waals surface area (Å²) in [7, 11) is 0. The third kappa shape index (κ3) is 2.55. The van der Waals surface area contributed by atoms with Crippen molar-refractivity contribution < 1.29 is 33.8 Å². The second-order valence-electron chi connectivity index (χ2n) is 8.13. The van der Waals surface area contributed by atoms with E-state index in [4.69, 9.17) is 4.74 Å². The van der Waals surface area contributed by atoms with Crippen LogP contribution in [-0.2, 0) is 28.7 Å². The highest BCUT2D eigenvalue weighted by Gasteiger charge is 2.67. The SMILES string of the molecule is CC(=O)OCC(=O)[C@@]1(O)CC[C@@H]2[C@@H]3CCC(=O)[C@H](C=O)[C@H]3C(=O)C[C@@]21C. The summed E-state index contributed by atoms with van der Waals surface area (Å²) < 4.78 is 4.76. The minimum absolute atomic E-state index is 0.0568. The molecule has 3 fully saturated rings. The Morgan fingerprint density at radius 3 is 2.58 bits per heavy atom. The zero-order valence-corrected chi connectivity index (χ0v) is 15.0. The van der Waals surface area contributed by atoms with Gasteiger partial charge in [0, 0.05) is 31.1 Å². The van der Waals surface area contributed by atoms with E-state index >= 15 is 0 Å². The fourth-order valence-electron chi connectivity index (χ4n) is 5.64. The minimum atomic E-state index is -1.74. The molecule has 0 aromatic carbocycles. The molecule has 0 aromatic heterocycles. The molecule has 0 heterocycles. The maximum absolute atomic E-state index is 12.8. The second kappa shape index (κ2) is 6.37. The molecule has 3 aliphatic rings. The molecule has 0 amide bonds. The highest BCUT2D eigenvalue weighted by molar-refractivity contribution is 6.01. The van der Waals surface area contributed by atoms with Crippen molar-refractivity contribution in [2.75, 3.05) is 6.61 Å². The Hall–Kier alpha value is -1.89. The van der Waals surface area contributed by atoms with Crippen molar-refractivity contribution in [2.45, 2.75) is 51.6 Å². The van der Waals surface area contributed by atoms with Crippen LogP contribution < -0.4 is 0 Å². The van der Waals surface area contributed by atoms with Crippen molar-refractivity contribution >= 4 is 29.6 Å². The van der Waals surface area contributed by atoms with Crippen molar-refractivity contribution in [3.63, 3.8) is 0 Å². The van der Waals surface area contributed by atoms with E-state index in [1.54, 1.807) is 6.92 Å². The van der Waals surface area contributed by atoms with Gasteiger partial charge in [-0.15, -0.1) is 0 Å². The summed E-state index contributed by atoms with van der Waals surface area (Å²) in [6, 6.07) is 0. The first-order chi connectivity index (χ1) is 12.2. The van der Waals surface area contributed by atoms with Gasteiger partial charge in [-0.2, -0.15) is 0 Å². The summed E-state index contributed by atoms with van der Waals surface area (Å²) >= 11 is 0. The van der Waals surface area contributed by atoms with Gasteiger partial charge in [0.1, 0.15) is 23.5 Å². The Morgan fingerprint density at radius 2 is 1.96 bits per heavy atom. The number of rotatable bonds is 4. The molecule has 7 heteroatoms. The lowest BCUT2D eigenvalue weighted by Crippen LogP contribution is -2.60. The van der Waals surface area contributed by atoms with Crippen LogP contribution in [-0.4, -0.2) is 46.9 Å². The number of fused-ring (bicyclic) bond motifs is 3. The summed E-state index contributed by atoms with van der Waals surface area (Å²) in [5.74, 6) is -3.51. The van der Waals surface area contributed by atoms with Crippen molar-refractivity contribution in [1.82, 2.24) is 0 Å². The van der Waals surface area contributed by atoms with Gasteiger partial charge in [0.25, 0.3) is 0 Å². The first kappa shape index (κ1) is 18.9. The number of hydrogen-bond donors (Lipinski definition) is 1. The smallest absolute Gasteiger partial charge is 0.303 e. The third-order valence-corrected chi connectivity index (χ3v) is 6.97. The predicted octanol–water partition coefficient (Wildman–Crippen LogP) is 0.649. The summed E-state index contributed by atoms with van der Waals surface area (Å²) in [4.78, 5) is 59.9. The van der Waals surface area contributed by atoms with E-state index in [2.05, 4.69) is 0 Å². The zero-order valence-electron chi connectivity index (χ0n) is 15.0. The molecule has 26 heavy (non-hydrogen) atoms. The molecule has 3 aliphatic carbocycles. The Balaban J connectivity index is 1.92. The average Bonchev–Trinajstić information content (AvgIpc) is 2.85. The fraction of sp³-hybridized carbons (Fsp3) is 0.737. The molecule has 142 valence electrons. The molecule has 0 bridgehead atoms. The van der Waals surface area contributed by atoms with Crippen LogP contribution >= 0.6 is 0 Å². The molecule has 7 nitrogen and oxygen atoms in total. The number of ketones is 3. The second-order valence-corrected chi connectivity index (χ2v) is 8.13. The van der Waals surface area contributed by atoms with Crippen molar-refractivity contribution in [3.8, 4) is 0 Å². The standard InChI is InChI=1S/C19H24O7/c1-10(21)26-9-16(24)19(25)6-5-13-11-3-4-14(22)12(8-20)17(11)15(23)7-18(13,19)2/h8,11-13,17,25H,3-7,9H2,1-2H3/t11-,12-,13+,17-,18-,19-/m0/s1. The molecular weight excluding hydrogens is 340 g/mol. The molecule has 0 radical (unpaired) electrons. The average molecular weight is 364 g/mol. The van der Waals surface area contributed by atoms with E-state index in [0.717, 1.165) is 0 Å². The summed E-state index contributed by atoms with van der Waals surface area (Å²) in [5.41, 5.74) is -2.72. The van der Waals surface area contributed by atoms with Crippen LogP contribution in [0.5, 0.6) is 0 Å². The van der Waals surface area contributed by atoms with Crippen molar-refractivity contribution in [3.05, 3.63) is 0 Å². The third-order valence-electron chi connectivity index (χ3n) is 6.97. The van der Waals surface area contributed by atoms with Crippen LogP contribution in [0.4, 0.5) is 0 Å². The van der Waals surface area contributed by atoms with Gasteiger partial charge in [-0.05, 0) is 31.1 Å². The van der Waals surface area contributed by atoms with Crippen LogP contribution in [0.2, 0.25) is 0 Å². The Bertz CT molecular complexity index is 683. The number of esters is 1. The quantitative estimate of drug-likeness (QED) is 0.442. The maximum Gasteiger partial charge on any atom is 0.303 e. The summed E-state index contributed by atoms with van der Waals surface area (Å²) in [5, 5.41) is 11.2. The highest BCUT2D eigenvalue weighted by Crippen LogP contribution is 2.62. The molecule has 3 saturated carbocycles. The van der Waals surface area contributed by atoms with E-state index < -0.39 is 41.2 Å². The fourth-order valence-corrected chi connectivity index (χ4v) is 5.64. The lowest BCUT2D eigenvalue weighted by atomic mass is 9.51. The molecule has 6 atom stereocenters. The monoisotopic (exact) mass is 364 g/mol. The summed E-state index contributed by atoms with van der Waals surface area (Å²) in [6.07, 6.45) is 1.97. The van der Waals surface area contributed by atoms with Gasteiger partial charge in [0.2, 0.25) is 5.78 Å². The lowest BCUT2D eigenvalue weighted by molar-refractivity contribution is -0.173. The van der Waals surface area contributed by atoms with E-state index in [1.807, 2.05) is 0 Å². The van der Waals surface area contributed by atoms with Crippen LogP contribution in [0.1, 0.15) is 46.0 Å². The molecule has 0 saturated heterocycles. The number of aldehydes is 1. The van der Waals surface area contributed by atoms with Gasteiger partial charge >= 0.3 is 5.97 Å². The van der Waals surface area contributed by atoms with Gasteiger partial charge in [-0.1, -0.05) is 6.92 Å². The Labute approximate surface area is 151 Å². The van der Waals surface area contributed by atoms with Crippen LogP contribution in [0.3, 0.4) is 0 Å². The van der Waals surface area contributed by atoms with Crippen LogP contribution in [0.15, 0.2) is 0 Å². The predicted molar refractivity (Wildman–Crippen MR) is 87.8 cm³/mol. The Morgan fingerprint density at radius 1 is 1.27 bits per heavy atom. The molecule has 0 spiro atoms. The molecule has 0 aliphatic heterocycles. The number of carbonyl (C=O) groups is 5. The lowest BCUT2D eigenvalue weighted by Gasteiger charge is -2.52. The van der Waals surface area contributed by atoms with Gasteiger partial charge in [-0.3, -0.25) is 19.2 Å². The van der Waals surface area contributed by atoms with Crippen molar-refractivity contribution in [2.24, 2.45) is 29.1 Å². The van der Waals surface area contributed by atoms with E-state index in [0.29, 0.717) is 19.1 Å². The molecule has 0 unspecified atom stereocenters. The number of Topliss-reactive ketones (excluding diaryl/α,β-unsaturated/α-hetero) is 3. The van der Waals surface area contributed by atoms with Crippen LogP contribution in [0, 0.1) is 29.1 Å². The topological polar surface area (TPSA) is 115 Å². The van der Waals surface area contributed by atoms with E-state index in [1.165, 1.54) is 6.92 Å². The van der Waals surface area contributed by atoms with Gasteiger partial charge in [0.05, 0.1) is 5.92 Å². The normalized spacial score (nSPS) is 42.0. The first-order valence-corrected chi connectivity index (χ1v) is 9.05. The maximum atomic E-state index is 12.8. The molecule has 0 aromatic rings. The molecule has 1 N–H and O–H groups in total. The van der Waals surface area contributed by atoms with Gasteiger partial charge in [0.15, 0.2) is 6.61 Å². The molecular formula is C19H24O7. The highest BCUT2D eigenvalue weighted by atomic mass is 16.5. The number of carbonyl (C=O) groups excluding carboxylic acids is 5. The molecule has 3 rings (SSSR count). The Kier molecular flexibility index (Phi) is 4.63. The van der Waals surface area contributed by atoms with Crippen molar-refractivity contribution in [1.29, 1.82) is 0 Å². The number of ether oxygens (including phenoxy) is 1. The van der Waals surface area contributed by atoms with Crippen LogP contribution in [0.25, 0.3) is 0 Å². The summed E-state index contributed by atoms with van der Waals surface area (Å²) in [6.45, 7) is 2.40. The van der Waals surface area contributed by atoms with E-state index in [-0.39, 0.29) is 42.7 Å². The van der Waals surface area contributed by atoms with Gasteiger partial charge in [-0.25, -0.2) is 0 Å². The zero-order chi connectivity index (χ0) is 19.3. The largest absolute Gasteiger partial charge is 0.458 e. The first-order valence-electron chi connectivity index (χ1n) is 9.05. The number of hydrogen-bond acceptors (Lipinski definition) is 7. The minimum Gasteiger partial charge on any atom is -0.458 e. The van der Waals surface area contributed by atoms with Gasteiger partial charge < -0.3 is 14.6 Å². The number of aliphatic hydroxyl groups is 1.